The molecule has 8 heteroatoms. The fourth-order valence-corrected chi connectivity index (χ4v) is 3.19. The minimum Gasteiger partial charge on any atom is -0.357 e. The predicted octanol–water partition coefficient (Wildman–Crippen LogP) is 4.66. The third kappa shape index (κ3) is 11.4. The zero-order valence-corrected chi connectivity index (χ0v) is 22.1. The van der Waals surface area contributed by atoms with Crippen molar-refractivity contribution >= 4 is 53.1 Å². The third-order valence-electron chi connectivity index (χ3n) is 4.88. The van der Waals surface area contributed by atoms with E-state index in [9.17, 15) is 4.79 Å². The third-order valence-corrected chi connectivity index (χ3v) is 5.29. The molecule has 0 aliphatic heterocycles. The van der Waals surface area contributed by atoms with Crippen LogP contribution >= 0.6 is 35.6 Å². The van der Waals surface area contributed by atoms with Crippen molar-refractivity contribution in [1.29, 1.82) is 0 Å². The first kappa shape index (κ1) is 28.9. The Hall–Kier alpha value is -1.06. The molecular weight excluding hydrogens is 513 g/mol. The first-order valence-corrected chi connectivity index (χ1v) is 11.1. The highest BCUT2D eigenvalue weighted by atomic mass is 127. The molecule has 0 saturated carbocycles. The normalized spacial score (nSPS) is 12.3. The molecule has 0 heterocycles. The Balaban J connectivity index is 0.00000841. The first-order valence-electron chi connectivity index (χ1n) is 10.7. The molecule has 1 aromatic carbocycles. The predicted molar refractivity (Wildman–Crippen MR) is 140 cm³/mol. The van der Waals surface area contributed by atoms with Gasteiger partial charge in [-0.05, 0) is 70.9 Å². The van der Waals surface area contributed by atoms with Gasteiger partial charge in [0.2, 0.25) is 5.91 Å². The summed E-state index contributed by atoms with van der Waals surface area (Å²) in [7, 11) is 0. The second kappa shape index (κ2) is 16.6. The van der Waals surface area contributed by atoms with E-state index in [1.807, 2.05) is 32.0 Å². The lowest BCUT2D eigenvalue weighted by molar-refractivity contribution is -0.116. The van der Waals surface area contributed by atoms with Crippen LogP contribution in [0.25, 0.3) is 0 Å². The Morgan fingerprint density at radius 2 is 1.93 bits per heavy atom. The number of hydrogen-bond acceptors (Lipinski definition) is 3. The number of amides is 1. The minimum atomic E-state index is -0.0674. The monoisotopic (exact) mass is 551 g/mol. The van der Waals surface area contributed by atoms with Gasteiger partial charge in [0, 0.05) is 29.7 Å². The Labute approximate surface area is 204 Å². The van der Waals surface area contributed by atoms with Gasteiger partial charge in [0.15, 0.2) is 5.96 Å². The van der Waals surface area contributed by atoms with Gasteiger partial charge in [-0.25, -0.2) is 0 Å². The molecule has 0 aliphatic rings. The van der Waals surface area contributed by atoms with E-state index in [0.717, 1.165) is 56.2 Å². The summed E-state index contributed by atoms with van der Waals surface area (Å²) >= 11 is 6.10. The van der Waals surface area contributed by atoms with Gasteiger partial charge in [-0.1, -0.05) is 31.5 Å². The van der Waals surface area contributed by atoms with Crippen LogP contribution in [-0.4, -0.2) is 55.5 Å². The van der Waals surface area contributed by atoms with Crippen molar-refractivity contribution in [2.45, 2.75) is 59.9 Å². The van der Waals surface area contributed by atoms with E-state index in [-0.39, 0.29) is 29.9 Å². The molecule has 0 bridgehead atoms. The van der Waals surface area contributed by atoms with Crippen LogP contribution in [0.5, 0.6) is 0 Å². The lowest BCUT2D eigenvalue weighted by atomic mass is 10.2. The molecule has 0 saturated heterocycles. The molecule has 1 unspecified atom stereocenters. The van der Waals surface area contributed by atoms with Crippen LogP contribution in [0.3, 0.4) is 0 Å². The van der Waals surface area contributed by atoms with Gasteiger partial charge >= 0.3 is 0 Å². The fourth-order valence-electron chi connectivity index (χ4n) is 3.01. The zero-order valence-electron chi connectivity index (χ0n) is 19.1. The summed E-state index contributed by atoms with van der Waals surface area (Å²) in [6.07, 6.45) is 2.55. The summed E-state index contributed by atoms with van der Waals surface area (Å²) in [5, 5.41) is 10.2. The van der Waals surface area contributed by atoms with Crippen LogP contribution in [0.1, 0.15) is 52.5 Å². The Morgan fingerprint density at radius 1 is 1.23 bits per heavy atom. The van der Waals surface area contributed by atoms with Crippen molar-refractivity contribution in [1.82, 2.24) is 15.5 Å². The SMILES string of the molecule is CCNC(=NCCC(=O)Nc1cccc(Cl)c1C)NC(C)CCCN(CC)CC.I. The maximum atomic E-state index is 12.2. The number of halogens is 2. The van der Waals surface area contributed by atoms with E-state index in [0.29, 0.717) is 24.0 Å². The zero-order chi connectivity index (χ0) is 21.6. The number of aliphatic imine (C=N–C) groups is 1. The summed E-state index contributed by atoms with van der Waals surface area (Å²) in [4.78, 5) is 19.2. The molecule has 0 aromatic heterocycles. The van der Waals surface area contributed by atoms with Gasteiger partial charge in [0.25, 0.3) is 0 Å². The number of carbonyl (C=O) groups is 1. The second-order valence-electron chi connectivity index (χ2n) is 7.19. The number of nitrogens with zero attached hydrogens (tertiary/aromatic N) is 2. The maximum Gasteiger partial charge on any atom is 0.226 e. The number of benzene rings is 1. The number of rotatable bonds is 12. The van der Waals surface area contributed by atoms with Crippen LogP contribution in [0.15, 0.2) is 23.2 Å². The minimum absolute atomic E-state index is 0. The highest BCUT2D eigenvalue weighted by Gasteiger charge is 2.09. The van der Waals surface area contributed by atoms with Gasteiger partial charge in [0.1, 0.15) is 0 Å². The Morgan fingerprint density at radius 3 is 2.57 bits per heavy atom. The molecular formula is C22H39ClIN5O. The first-order chi connectivity index (χ1) is 13.9. The van der Waals surface area contributed by atoms with Crippen LogP contribution in [-0.2, 0) is 4.79 Å². The second-order valence-corrected chi connectivity index (χ2v) is 7.59. The van der Waals surface area contributed by atoms with Crippen molar-refractivity contribution in [3.05, 3.63) is 28.8 Å². The molecule has 0 fully saturated rings. The van der Waals surface area contributed by atoms with Crippen molar-refractivity contribution in [2.75, 3.05) is 38.0 Å². The van der Waals surface area contributed by atoms with Crippen molar-refractivity contribution in [3.63, 3.8) is 0 Å². The standard InChI is InChI=1S/C22H38ClN5O.HI/c1-6-24-22(26-17(4)11-10-16-28(7-2)8-3)25-15-14-21(29)27-20-13-9-12-19(23)18(20)5;/h9,12-13,17H,6-8,10-11,14-16H2,1-5H3,(H,27,29)(H2,24,25,26);1H. The van der Waals surface area contributed by atoms with Crippen molar-refractivity contribution in [2.24, 2.45) is 4.99 Å². The maximum absolute atomic E-state index is 12.2. The Bertz CT molecular complexity index is 652. The summed E-state index contributed by atoms with van der Waals surface area (Å²) in [6.45, 7) is 15.0. The highest BCUT2D eigenvalue weighted by Crippen LogP contribution is 2.22. The molecule has 1 aromatic rings. The number of guanidine groups is 1. The summed E-state index contributed by atoms with van der Waals surface area (Å²) < 4.78 is 0. The van der Waals surface area contributed by atoms with E-state index in [1.54, 1.807) is 0 Å². The number of nitrogens with one attached hydrogen (secondary N) is 3. The quantitative estimate of drug-likeness (QED) is 0.201. The van der Waals surface area contributed by atoms with Crippen molar-refractivity contribution in [3.8, 4) is 0 Å². The van der Waals surface area contributed by atoms with Crippen molar-refractivity contribution < 1.29 is 4.79 Å². The van der Waals surface area contributed by atoms with Crippen LogP contribution in [0, 0.1) is 6.92 Å². The lowest BCUT2D eigenvalue weighted by Crippen LogP contribution is -2.42. The van der Waals surface area contributed by atoms with Gasteiger partial charge < -0.3 is 20.9 Å². The highest BCUT2D eigenvalue weighted by molar-refractivity contribution is 14.0. The lowest BCUT2D eigenvalue weighted by Gasteiger charge is -2.21. The smallest absolute Gasteiger partial charge is 0.226 e. The average molecular weight is 552 g/mol. The molecule has 3 N–H and O–H groups in total. The molecule has 30 heavy (non-hydrogen) atoms. The molecule has 6 nitrogen and oxygen atoms in total. The van der Waals surface area contributed by atoms with Crippen LogP contribution < -0.4 is 16.0 Å². The molecule has 172 valence electrons. The molecule has 1 rings (SSSR count). The molecule has 0 radical (unpaired) electrons. The van der Waals surface area contributed by atoms with Gasteiger partial charge in [-0.2, -0.15) is 0 Å². The fraction of sp³-hybridized carbons (Fsp3) is 0.636. The van der Waals surface area contributed by atoms with E-state index < -0.39 is 0 Å². The topological polar surface area (TPSA) is 68.8 Å². The Kier molecular flexibility index (Phi) is 16.0. The van der Waals surface area contributed by atoms with Gasteiger partial charge in [0.05, 0.1) is 6.54 Å². The number of carbonyl (C=O) groups excluding carboxylic acids is 1. The van der Waals surface area contributed by atoms with Crippen LogP contribution in [0.4, 0.5) is 5.69 Å². The van der Waals surface area contributed by atoms with Gasteiger partial charge in [-0.3, -0.25) is 9.79 Å². The summed E-state index contributed by atoms with van der Waals surface area (Å²) in [5.41, 5.74) is 1.62. The average Bonchev–Trinajstić information content (AvgIpc) is 2.69. The number of anilines is 1. The van der Waals surface area contributed by atoms with E-state index in [4.69, 9.17) is 11.6 Å². The summed E-state index contributed by atoms with van der Waals surface area (Å²) in [5.74, 6) is 0.691. The molecule has 0 aliphatic carbocycles. The molecule has 1 amide bonds. The van der Waals surface area contributed by atoms with E-state index in [2.05, 4.69) is 46.6 Å². The largest absolute Gasteiger partial charge is 0.357 e. The van der Waals surface area contributed by atoms with E-state index in [1.165, 1.54) is 0 Å². The van der Waals surface area contributed by atoms with Crippen LogP contribution in [0.2, 0.25) is 5.02 Å². The van der Waals surface area contributed by atoms with Gasteiger partial charge in [-0.15, -0.1) is 24.0 Å². The number of hydrogen-bond donors (Lipinski definition) is 3. The van der Waals surface area contributed by atoms with E-state index >= 15 is 0 Å². The molecule has 0 spiro atoms. The summed E-state index contributed by atoms with van der Waals surface area (Å²) in [6, 6.07) is 5.83. The molecule has 1 atom stereocenters.